The number of nitrogens with one attached hydrogen (secondary N) is 2. The molecule has 0 aliphatic carbocycles. The van der Waals surface area contributed by atoms with E-state index in [1.165, 1.54) is 0 Å². The lowest BCUT2D eigenvalue weighted by Gasteiger charge is -2.19. The second-order valence-corrected chi connectivity index (χ2v) is 6.20. The molecule has 0 atom stereocenters. The van der Waals surface area contributed by atoms with Crippen molar-refractivity contribution in [2.75, 3.05) is 45.7 Å². The predicted octanol–water partition coefficient (Wildman–Crippen LogP) is 1.67. The Morgan fingerprint density at radius 1 is 1.12 bits per heavy atom. The quantitative estimate of drug-likeness (QED) is 0.729. The first-order valence-electron chi connectivity index (χ1n) is 8.55. The van der Waals surface area contributed by atoms with E-state index in [-0.39, 0.29) is 5.91 Å². The first-order valence-corrected chi connectivity index (χ1v) is 8.55. The highest BCUT2D eigenvalue weighted by Gasteiger charge is 2.12. The van der Waals surface area contributed by atoms with Gasteiger partial charge in [-0.25, -0.2) is 0 Å². The molecule has 1 aliphatic heterocycles. The van der Waals surface area contributed by atoms with Gasteiger partial charge in [0.2, 0.25) is 0 Å². The molecule has 2 N–H and O–H groups in total. The number of rotatable bonds is 7. The molecule has 138 valence electrons. The average Bonchev–Trinajstić information content (AvgIpc) is 2.65. The molecule has 1 aliphatic rings. The van der Waals surface area contributed by atoms with Crippen molar-refractivity contribution in [1.82, 2.24) is 20.4 Å². The van der Waals surface area contributed by atoms with Crippen LogP contribution < -0.4 is 20.1 Å². The lowest BCUT2D eigenvalue weighted by Crippen LogP contribution is -2.28. The number of carbonyl (C=O) groups excluding carboxylic acids is 1. The molecule has 0 fully saturated rings. The summed E-state index contributed by atoms with van der Waals surface area (Å²) in [7, 11) is 4.00. The molecule has 8 heteroatoms. The first-order chi connectivity index (χ1) is 12.6. The standard InChI is InChI=1S/C18H23N5O3/c1-23(2)9-3-8-19-18(24)14-5-7-17(22-21-14)20-13-4-6-15-16(12-13)26-11-10-25-15/h4-7,12H,3,8-11H2,1-2H3,(H,19,24)(H,20,22). The van der Waals surface area contributed by atoms with Gasteiger partial charge >= 0.3 is 0 Å². The third kappa shape index (κ3) is 4.82. The Hall–Kier alpha value is -2.87. The van der Waals surface area contributed by atoms with E-state index in [1.54, 1.807) is 12.1 Å². The lowest BCUT2D eigenvalue weighted by molar-refractivity contribution is 0.0946. The molecule has 1 aromatic carbocycles. The number of aromatic nitrogens is 2. The molecule has 3 rings (SSSR count). The second-order valence-electron chi connectivity index (χ2n) is 6.20. The number of nitrogens with zero attached hydrogens (tertiary/aromatic N) is 3. The topological polar surface area (TPSA) is 88.6 Å². The number of hydrogen-bond donors (Lipinski definition) is 2. The predicted molar refractivity (Wildman–Crippen MR) is 98.3 cm³/mol. The molecule has 2 aromatic rings. The van der Waals surface area contributed by atoms with E-state index in [4.69, 9.17) is 9.47 Å². The molecule has 2 heterocycles. The molecule has 0 bridgehead atoms. The fourth-order valence-corrected chi connectivity index (χ4v) is 2.48. The van der Waals surface area contributed by atoms with Gasteiger partial charge in [0.05, 0.1) is 0 Å². The Morgan fingerprint density at radius 2 is 1.92 bits per heavy atom. The van der Waals surface area contributed by atoms with Crippen molar-refractivity contribution in [3.8, 4) is 11.5 Å². The summed E-state index contributed by atoms with van der Waals surface area (Å²) in [6.07, 6.45) is 0.885. The van der Waals surface area contributed by atoms with Crippen LogP contribution in [0.5, 0.6) is 11.5 Å². The van der Waals surface area contributed by atoms with E-state index in [2.05, 4.69) is 25.7 Å². The smallest absolute Gasteiger partial charge is 0.271 e. The van der Waals surface area contributed by atoms with E-state index < -0.39 is 0 Å². The molecule has 0 radical (unpaired) electrons. The summed E-state index contributed by atoms with van der Waals surface area (Å²) in [6.45, 7) is 2.62. The highest BCUT2D eigenvalue weighted by Crippen LogP contribution is 2.33. The van der Waals surface area contributed by atoms with Crippen LogP contribution in [0.15, 0.2) is 30.3 Å². The fraction of sp³-hybridized carbons (Fsp3) is 0.389. The van der Waals surface area contributed by atoms with Gasteiger partial charge in [-0.2, -0.15) is 0 Å². The van der Waals surface area contributed by atoms with Crippen LogP contribution in [-0.4, -0.2) is 61.4 Å². The Bertz CT molecular complexity index is 749. The van der Waals surface area contributed by atoms with Crippen molar-refractivity contribution >= 4 is 17.4 Å². The van der Waals surface area contributed by atoms with Crippen molar-refractivity contribution in [3.63, 3.8) is 0 Å². The summed E-state index contributed by atoms with van der Waals surface area (Å²) >= 11 is 0. The number of benzene rings is 1. The van der Waals surface area contributed by atoms with Crippen molar-refractivity contribution in [2.24, 2.45) is 0 Å². The van der Waals surface area contributed by atoms with Gasteiger partial charge in [0, 0.05) is 18.3 Å². The molecular formula is C18H23N5O3. The van der Waals surface area contributed by atoms with Crippen LogP contribution in [0.25, 0.3) is 0 Å². The highest BCUT2D eigenvalue weighted by molar-refractivity contribution is 5.92. The Balaban J connectivity index is 1.55. The maximum Gasteiger partial charge on any atom is 0.271 e. The molecule has 1 amide bonds. The molecule has 8 nitrogen and oxygen atoms in total. The fourth-order valence-electron chi connectivity index (χ4n) is 2.48. The summed E-state index contributed by atoms with van der Waals surface area (Å²) in [6, 6.07) is 8.94. The molecule has 0 spiro atoms. The van der Waals surface area contributed by atoms with Gasteiger partial charge in [-0.05, 0) is 51.3 Å². The number of carbonyl (C=O) groups is 1. The largest absolute Gasteiger partial charge is 0.486 e. The SMILES string of the molecule is CN(C)CCCNC(=O)c1ccc(Nc2ccc3c(c2)OCCO3)nn1. The molecule has 0 saturated heterocycles. The highest BCUT2D eigenvalue weighted by atomic mass is 16.6. The number of fused-ring (bicyclic) bond motifs is 1. The van der Waals surface area contributed by atoms with Crippen LogP contribution in [0.4, 0.5) is 11.5 Å². The van der Waals surface area contributed by atoms with E-state index >= 15 is 0 Å². The van der Waals surface area contributed by atoms with Gasteiger partial charge in [-0.1, -0.05) is 0 Å². The van der Waals surface area contributed by atoms with E-state index in [0.717, 1.165) is 24.4 Å². The number of hydrogen-bond acceptors (Lipinski definition) is 7. The van der Waals surface area contributed by atoms with E-state index in [9.17, 15) is 4.79 Å². The number of ether oxygens (including phenoxy) is 2. The number of amides is 1. The Morgan fingerprint density at radius 3 is 2.65 bits per heavy atom. The maximum atomic E-state index is 12.0. The average molecular weight is 357 g/mol. The van der Waals surface area contributed by atoms with Crippen molar-refractivity contribution in [1.29, 1.82) is 0 Å². The van der Waals surface area contributed by atoms with Gasteiger partial charge in [-0.3, -0.25) is 4.79 Å². The van der Waals surface area contributed by atoms with Crippen LogP contribution in [0.1, 0.15) is 16.9 Å². The van der Waals surface area contributed by atoms with Crippen LogP contribution in [0.2, 0.25) is 0 Å². The summed E-state index contributed by atoms with van der Waals surface area (Å²) in [5.41, 5.74) is 1.10. The van der Waals surface area contributed by atoms with Crippen LogP contribution in [0.3, 0.4) is 0 Å². The summed E-state index contributed by atoms with van der Waals surface area (Å²) in [5.74, 6) is 1.75. The maximum absolute atomic E-state index is 12.0. The summed E-state index contributed by atoms with van der Waals surface area (Å²) in [5, 5.41) is 14.0. The molecule has 0 saturated carbocycles. The summed E-state index contributed by atoms with van der Waals surface area (Å²) < 4.78 is 11.1. The third-order valence-corrected chi connectivity index (χ3v) is 3.78. The minimum absolute atomic E-state index is 0.220. The minimum Gasteiger partial charge on any atom is -0.486 e. The third-order valence-electron chi connectivity index (χ3n) is 3.78. The Kier molecular flexibility index (Phi) is 5.85. The molecular weight excluding hydrogens is 334 g/mol. The minimum atomic E-state index is -0.220. The molecule has 26 heavy (non-hydrogen) atoms. The van der Waals surface area contributed by atoms with Crippen molar-refractivity contribution in [2.45, 2.75) is 6.42 Å². The van der Waals surface area contributed by atoms with Crippen LogP contribution in [0, 0.1) is 0 Å². The number of anilines is 2. The molecule has 0 unspecified atom stereocenters. The van der Waals surface area contributed by atoms with Gasteiger partial charge in [0.25, 0.3) is 5.91 Å². The Labute approximate surface area is 152 Å². The van der Waals surface area contributed by atoms with Crippen LogP contribution in [-0.2, 0) is 0 Å². The molecule has 1 aromatic heterocycles. The normalized spacial score (nSPS) is 12.7. The van der Waals surface area contributed by atoms with Crippen molar-refractivity contribution < 1.29 is 14.3 Å². The van der Waals surface area contributed by atoms with E-state index in [1.807, 2.05) is 32.3 Å². The van der Waals surface area contributed by atoms with Crippen molar-refractivity contribution in [3.05, 3.63) is 36.0 Å². The monoisotopic (exact) mass is 357 g/mol. The first kappa shape index (κ1) is 17.9. The van der Waals surface area contributed by atoms with E-state index in [0.29, 0.717) is 37.0 Å². The lowest BCUT2D eigenvalue weighted by atomic mass is 10.2. The van der Waals surface area contributed by atoms with Gasteiger partial charge in [0.1, 0.15) is 13.2 Å². The van der Waals surface area contributed by atoms with Gasteiger partial charge in [0.15, 0.2) is 23.0 Å². The van der Waals surface area contributed by atoms with Gasteiger partial charge < -0.3 is 25.0 Å². The van der Waals surface area contributed by atoms with Crippen LogP contribution >= 0.6 is 0 Å². The van der Waals surface area contributed by atoms with Gasteiger partial charge in [-0.15, -0.1) is 10.2 Å². The second kappa shape index (κ2) is 8.48. The zero-order valence-corrected chi connectivity index (χ0v) is 15.0. The summed E-state index contributed by atoms with van der Waals surface area (Å²) in [4.78, 5) is 14.1. The zero-order valence-electron chi connectivity index (χ0n) is 15.0. The zero-order chi connectivity index (χ0) is 18.4.